The predicted octanol–water partition coefficient (Wildman–Crippen LogP) is 4.39. The van der Waals surface area contributed by atoms with E-state index in [1.54, 1.807) is 60.7 Å². The Balaban J connectivity index is 1.55. The van der Waals surface area contributed by atoms with Crippen LogP contribution < -0.4 is 15.1 Å². The van der Waals surface area contributed by atoms with E-state index < -0.39 is 5.97 Å². The molecular formula is C23H20ClN3O3. The van der Waals surface area contributed by atoms with Crippen molar-refractivity contribution < 1.29 is 14.3 Å². The Morgan fingerprint density at radius 3 is 2.10 bits per heavy atom. The first-order valence-corrected chi connectivity index (χ1v) is 9.49. The third kappa shape index (κ3) is 5.68. The third-order valence-electron chi connectivity index (χ3n) is 4.20. The lowest BCUT2D eigenvalue weighted by atomic mass is 10.2. The van der Waals surface area contributed by atoms with Gasteiger partial charge in [-0.1, -0.05) is 11.6 Å². The molecule has 0 saturated heterocycles. The Labute approximate surface area is 179 Å². The van der Waals surface area contributed by atoms with Crippen LogP contribution in [0.15, 0.2) is 77.9 Å². The van der Waals surface area contributed by atoms with E-state index >= 15 is 0 Å². The number of rotatable bonds is 6. The van der Waals surface area contributed by atoms with Gasteiger partial charge in [0.1, 0.15) is 5.75 Å². The molecule has 7 heteroatoms. The van der Waals surface area contributed by atoms with Crippen LogP contribution >= 0.6 is 11.6 Å². The molecule has 0 radical (unpaired) electrons. The van der Waals surface area contributed by atoms with Gasteiger partial charge in [-0.3, -0.25) is 4.79 Å². The van der Waals surface area contributed by atoms with E-state index in [0.29, 0.717) is 21.9 Å². The standard InChI is InChI=1S/C23H20ClN3O3/c1-27(2)20-11-7-18(8-12-20)23(29)30-21-13-3-16(4-14-21)15-25-26-22(28)17-5-9-19(24)10-6-17/h3-15H,1-2H3,(H,26,28)/b25-15-. The number of nitrogens with zero attached hydrogens (tertiary/aromatic N) is 2. The van der Waals surface area contributed by atoms with E-state index in [-0.39, 0.29) is 5.91 Å². The number of halogens is 1. The van der Waals surface area contributed by atoms with E-state index in [1.165, 1.54) is 6.21 Å². The molecule has 0 saturated carbocycles. The van der Waals surface area contributed by atoms with Crippen LogP contribution in [0.4, 0.5) is 5.69 Å². The summed E-state index contributed by atoms with van der Waals surface area (Å²) in [4.78, 5) is 26.2. The van der Waals surface area contributed by atoms with Crippen molar-refractivity contribution in [3.63, 3.8) is 0 Å². The van der Waals surface area contributed by atoms with Crippen LogP contribution in [0, 0.1) is 0 Å². The predicted molar refractivity (Wildman–Crippen MR) is 119 cm³/mol. The highest BCUT2D eigenvalue weighted by atomic mass is 35.5. The average Bonchev–Trinajstić information content (AvgIpc) is 2.75. The molecule has 3 rings (SSSR count). The molecule has 0 aromatic heterocycles. The molecule has 0 aliphatic carbocycles. The molecule has 0 aliphatic rings. The summed E-state index contributed by atoms with van der Waals surface area (Å²) >= 11 is 5.80. The van der Waals surface area contributed by atoms with Crippen molar-refractivity contribution in [1.29, 1.82) is 0 Å². The van der Waals surface area contributed by atoms with Gasteiger partial charge >= 0.3 is 5.97 Å². The number of benzene rings is 3. The van der Waals surface area contributed by atoms with E-state index in [9.17, 15) is 9.59 Å². The maximum atomic E-state index is 12.3. The van der Waals surface area contributed by atoms with E-state index in [2.05, 4.69) is 10.5 Å². The van der Waals surface area contributed by atoms with E-state index in [1.807, 2.05) is 31.1 Å². The summed E-state index contributed by atoms with van der Waals surface area (Å²) < 4.78 is 5.39. The molecule has 0 atom stereocenters. The van der Waals surface area contributed by atoms with Crippen LogP contribution in [0.25, 0.3) is 0 Å². The zero-order chi connectivity index (χ0) is 21.5. The van der Waals surface area contributed by atoms with Gasteiger partial charge in [-0.25, -0.2) is 10.2 Å². The van der Waals surface area contributed by atoms with Crippen molar-refractivity contribution in [2.45, 2.75) is 0 Å². The molecule has 0 spiro atoms. The summed E-state index contributed by atoms with van der Waals surface area (Å²) in [5.41, 5.74) is 5.11. The molecule has 152 valence electrons. The number of carbonyl (C=O) groups excluding carboxylic acids is 2. The van der Waals surface area contributed by atoms with Gasteiger partial charge in [0.05, 0.1) is 11.8 Å². The summed E-state index contributed by atoms with van der Waals surface area (Å²) in [5, 5.41) is 4.49. The summed E-state index contributed by atoms with van der Waals surface area (Å²) in [6.45, 7) is 0. The Kier molecular flexibility index (Phi) is 6.83. The van der Waals surface area contributed by atoms with E-state index in [0.717, 1.165) is 11.3 Å². The fourth-order valence-corrected chi connectivity index (χ4v) is 2.64. The van der Waals surface area contributed by atoms with Gasteiger partial charge in [-0.2, -0.15) is 5.10 Å². The normalized spacial score (nSPS) is 10.6. The smallest absolute Gasteiger partial charge is 0.343 e. The Morgan fingerprint density at radius 1 is 0.900 bits per heavy atom. The number of hydrazone groups is 1. The highest BCUT2D eigenvalue weighted by Gasteiger charge is 2.09. The molecule has 0 fully saturated rings. The quantitative estimate of drug-likeness (QED) is 0.277. The highest BCUT2D eigenvalue weighted by Crippen LogP contribution is 2.16. The molecule has 0 aliphatic heterocycles. The van der Waals surface area contributed by atoms with Crippen molar-refractivity contribution in [2.24, 2.45) is 5.10 Å². The highest BCUT2D eigenvalue weighted by molar-refractivity contribution is 6.30. The molecule has 1 N–H and O–H groups in total. The van der Waals surface area contributed by atoms with Crippen LogP contribution in [0.1, 0.15) is 26.3 Å². The number of hydrogen-bond donors (Lipinski definition) is 1. The molecule has 0 unspecified atom stereocenters. The molecule has 3 aromatic rings. The second-order valence-electron chi connectivity index (χ2n) is 6.61. The van der Waals surface area contributed by atoms with E-state index in [4.69, 9.17) is 16.3 Å². The van der Waals surface area contributed by atoms with Gasteiger partial charge in [0.25, 0.3) is 5.91 Å². The van der Waals surface area contributed by atoms with Gasteiger partial charge in [-0.05, 0) is 78.4 Å². The molecule has 1 amide bonds. The second-order valence-corrected chi connectivity index (χ2v) is 7.04. The second kappa shape index (κ2) is 9.71. The first-order chi connectivity index (χ1) is 14.4. The summed E-state index contributed by atoms with van der Waals surface area (Å²) in [6, 6.07) is 20.4. The van der Waals surface area contributed by atoms with Gasteiger partial charge in [0.15, 0.2) is 0 Å². The van der Waals surface area contributed by atoms with Crippen LogP contribution in [0.3, 0.4) is 0 Å². The molecule has 30 heavy (non-hydrogen) atoms. The fraction of sp³-hybridized carbons (Fsp3) is 0.0870. The maximum Gasteiger partial charge on any atom is 0.343 e. The first kappa shape index (κ1) is 21.1. The lowest BCUT2D eigenvalue weighted by molar-refractivity contribution is 0.0734. The van der Waals surface area contributed by atoms with Crippen LogP contribution in [0.2, 0.25) is 5.02 Å². The largest absolute Gasteiger partial charge is 0.423 e. The average molecular weight is 422 g/mol. The Bertz CT molecular complexity index is 1040. The Hall–Kier alpha value is -3.64. The first-order valence-electron chi connectivity index (χ1n) is 9.11. The van der Waals surface area contributed by atoms with Crippen molar-refractivity contribution in [3.8, 4) is 5.75 Å². The van der Waals surface area contributed by atoms with Crippen molar-refractivity contribution in [2.75, 3.05) is 19.0 Å². The minimum atomic E-state index is -0.433. The molecule has 0 bridgehead atoms. The number of ether oxygens (including phenoxy) is 1. The minimum absolute atomic E-state index is 0.339. The van der Waals surface area contributed by atoms with Crippen molar-refractivity contribution in [1.82, 2.24) is 5.43 Å². The number of anilines is 1. The Morgan fingerprint density at radius 2 is 1.50 bits per heavy atom. The molecule has 0 heterocycles. The zero-order valence-electron chi connectivity index (χ0n) is 16.5. The van der Waals surface area contributed by atoms with Crippen LogP contribution in [0.5, 0.6) is 5.75 Å². The van der Waals surface area contributed by atoms with Gasteiger partial charge in [0, 0.05) is 30.4 Å². The summed E-state index contributed by atoms with van der Waals surface area (Å²) in [6.07, 6.45) is 1.50. The lowest BCUT2D eigenvalue weighted by Gasteiger charge is -2.12. The maximum absolute atomic E-state index is 12.3. The molecule has 3 aromatic carbocycles. The van der Waals surface area contributed by atoms with Gasteiger partial charge < -0.3 is 9.64 Å². The monoisotopic (exact) mass is 421 g/mol. The van der Waals surface area contributed by atoms with Crippen molar-refractivity contribution in [3.05, 3.63) is 94.5 Å². The van der Waals surface area contributed by atoms with Crippen molar-refractivity contribution >= 4 is 35.4 Å². The lowest BCUT2D eigenvalue weighted by Crippen LogP contribution is -2.17. The fourth-order valence-electron chi connectivity index (χ4n) is 2.51. The van der Waals surface area contributed by atoms with Crippen LogP contribution in [-0.4, -0.2) is 32.2 Å². The van der Waals surface area contributed by atoms with Gasteiger partial charge in [-0.15, -0.1) is 0 Å². The topological polar surface area (TPSA) is 71.0 Å². The number of nitrogens with one attached hydrogen (secondary N) is 1. The number of amides is 1. The number of carbonyl (C=O) groups is 2. The van der Waals surface area contributed by atoms with Crippen LogP contribution in [-0.2, 0) is 0 Å². The molecular weight excluding hydrogens is 402 g/mol. The number of hydrogen-bond acceptors (Lipinski definition) is 5. The zero-order valence-corrected chi connectivity index (χ0v) is 17.3. The molecule has 6 nitrogen and oxygen atoms in total. The van der Waals surface area contributed by atoms with Gasteiger partial charge in [0.2, 0.25) is 0 Å². The SMILES string of the molecule is CN(C)c1ccc(C(=O)Oc2ccc(/C=N\NC(=O)c3ccc(Cl)cc3)cc2)cc1. The third-order valence-corrected chi connectivity index (χ3v) is 4.45. The minimum Gasteiger partial charge on any atom is -0.423 e. The number of esters is 1. The summed E-state index contributed by atoms with van der Waals surface area (Å²) in [7, 11) is 3.86. The summed E-state index contributed by atoms with van der Waals surface area (Å²) in [5.74, 6) is -0.357.